The van der Waals surface area contributed by atoms with Crippen LogP contribution in [-0.4, -0.2) is 20.5 Å². The Morgan fingerprint density at radius 2 is 2.00 bits per heavy atom. The van der Waals surface area contributed by atoms with Crippen LogP contribution >= 0.6 is 15.9 Å². The third-order valence-corrected chi connectivity index (χ3v) is 3.91. The second kappa shape index (κ2) is 6.27. The normalized spacial score (nSPS) is 12.3. The SMILES string of the molecule is CC(NC(=O)Cc1ccc(Br)cc1)c1nnc2ccccn12. The summed E-state index contributed by atoms with van der Waals surface area (Å²) in [6.45, 7) is 1.91. The highest BCUT2D eigenvalue weighted by Gasteiger charge is 2.15. The van der Waals surface area contributed by atoms with E-state index in [0.717, 1.165) is 21.5 Å². The van der Waals surface area contributed by atoms with Gasteiger partial charge in [0.05, 0.1) is 12.5 Å². The van der Waals surface area contributed by atoms with E-state index in [4.69, 9.17) is 0 Å². The molecule has 1 unspecified atom stereocenters. The Bertz CT molecular complexity index is 797. The van der Waals surface area contributed by atoms with Gasteiger partial charge >= 0.3 is 0 Å². The van der Waals surface area contributed by atoms with Gasteiger partial charge in [-0.15, -0.1) is 10.2 Å². The summed E-state index contributed by atoms with van der Waals surface area (Å²) in [5.41, 5.74) is 1.74. The van der Waals surface area contributed by atoms with Gasteiger partial charge in [0.1, 0.15) is 0 Å². The lowest BCUT2D eigenvalue weighted by molar-refractivity contribution is -0.121. The van der Waals surface area contributed by atoms with E-state index in [1.807, 2.05) is 60.0 Å². The predicted molar refractivity (Wildman–Crippen MR) is 87.4 cm³/mol. The van der Waals surface area contributed by atoms with E-state index in [1.54, 1.807) is 0 Å². The number of amides is 1. The summed E-state index contributed by atoms with van der Waals surface area (Å²) in [5.74, 6) is 0.683. The summed E-state index contributed by atoms with van der Waals surface area (Å²) in [5, 5.41) is 11.2. The van der Waals surface area contributed by atoms with Crippen LogP contribution in [0.3, 0.4) is 0 Å². The van der Waals surface area contributed by atoms with Gasteiger partial charge in [0.2, 0.25) is 5.91 Å². The summed E-state index contributed by atoms with van der Waals surface area (Å²) in [6.07, 6.45) is 2.23. The molecule has 0 aliphatic rings. The molecule has 1 amide bonds. The number of rotatable bonds is 4. The molecule has 22 heavy (non-hydrogen) atoms. The molecule has 0 bridgehead atoms. The number of hydrogen-bond acceptors (Lipinski definition) is 3. The Morgan fingerprint density at radius 3 is 2.77 bits per heavy atom. The molecule has 6 heteroatoms. The topological polar surface area (TPSA) is 59.3 Å². The van der Waals surface area contributed by atoms with Gasteiger partial charge in [0.25, 0.3) is 0 Å². The number of aromatic nitrogens is 3. The van der Waals surface area contributed by atoms with Crippen molar-refractivity contribution in [3.05, 3.63) is 64.5 Å². The summed E-state index contributed by atoms with van der Waals surface area (Å²) in [7, 11) is 0. The number of nitrogens with zero attached hydrogens (tertiary/aromatic N) is 3. The van der Waals surface area contributed by atoms with Crippen molar-refractivity contribution in [1.82, 2.24) is 19.9 Å². The summed E-state index contributed by atoms with van der Waals surface area (Å²) in [4.78, 5) is 12.2. The minimum absolute atomic E-state index is 0.0393. The van der Waals surface area contributed by atoms with Crippen LogP contribution in [0.15, 0.2) is 53.1 Å². The van der Waals surface area contributed by atoms with Crippen molar-refractivity contribution in [2.45, 2.75) is 19.4 Å². The quantitative estimate of drug-likeness (QED) is 0.779. The molecular formula is C16H15BrN4O. The number of carbonyl (C=O) groups is 1. The highest BCUT2D eigenvalue weighted by Crippen LogP contribution is 2.13. The maximum atomic E-state index is 12.2. The average Bonchev–Trinajstić information content (AvgIpc) is 2.93. The van der Waals surface area contributed by atoms with Crippen molar-refractivity contribution in [3.8, 4) is 0 Å². The Labute approximate surface area is 136 Å². The van der Waals surface area contributed by atoms with Gasteiger partial charge in [-0.3, -0.25) is 9.20 Å². The number of halogens is 1. The van der Waals surface area contributed by atoms with Crippen molar-refractivity contribution < 1.29 is 4.79 Å². The van der Waals surface area contributed by atoms with Crippen molar-refractivity contribution in [3.63, 3.8) is 0 Å². The zero-order valence-electron chi connectivity index (χ0n) is 12.0. The number of benzene rings is 1. The lowest BCUT2D eigenvalue weighted by Gasteiger charge is -2.12. The Kier molecular flexibility index (Phi) is 4.20. The molecule has 0 saturated heterocycles. The van der Waals surface area contributed by atoms with Crippen LogP contribution in [0, 0.1) is 0 Å². The Hall–Kier alpha value is -2.21. The molecule has 0 saturated carbocycles. The Balaban J connectivity index is 1.69. The van der Waals surface area contributed by atoms with Crippen LogP contribution in [-0.2, 0) is 11.2 Å². The lowest BCUT2D eigenvalue weighted by Crippen LogP contribution is -2.29. The van der Waals surface area contributed by atoms with Crippen LogP contribution in [0.1, 0.15) is 24.4 Å². The lowest BCUT2D eigenvalue weighted by atomic mass is 10.1. The first-order valence-electron chi connectivity index (χ1n) is 6.97. The smallest absolute Gasteiger partial charge is 0.224 e. The molecular weight excluding hydrogens is 344 g/mol. The van der Waals surface area contributed by atoms with Crippen molar-refractivity contribution >= 4 is 27.5 Å². The van der Waals surface area contributed by atoms with E-state index in [9.17, 15) is 4.79 Å². The summed E-state index contributed by atoms with van der Waals surface area (Å²) < 4.78 is 2.88. The first-order chi connectivity index (χ1) is 10.6. The van der Waals surface area contributed by atoms with Gasteiger partial charge in [0, 0.05) is 10.7 Å². The first-order valence-corrected chi connectivity index (χ1v) is 7.76. The predicted octanol–water partition coefficient (Wildman–Crippen LogP) is 2.91. The standard InChI is InChI=1S/C16H15BrN4O/c1-11(16-20-19-14-4-2-3-9-21(14)16)18-15(22)10-12-5-7-13(17)8-6-12/h2-9,11H,10H2,1H3,(H,18,22). The van der Waals surface area contributed by atoms with Gasteiger partial charge in [0.15, 0.2) is 11.5 Å². The molecule has 1 aromatic carbocycles. The van der Waals surface area contributed by atoms with E-state index in [2.05, 4.69) is 31.4 Å². The average molecular weight is 359 g/mol. The maximum Gasteiger partial charge on any atom is 0.224 e. The molecule has 3 rings (SSSR count). The minimum Gasteiger partial charge on any atom is -0.346 e. The molecule has 112 valence electrons. The van der Waals surface area contributed by atoms with E-state index < -0.39 is 0 Å². The van der Waals surface area contributed by atoms with Crippen molar-refractivity contribution in [2.75, 3.05) is 0 Å². The number of fused-ring (bicyclic) bond motifs is 1. The molecule has 3 aromatic rings. The van der Waals surface area contributed by atoms with E-state index in [1.165, 1.54) is 0 Å². The fourth-order valence-electron chi connectivity index (χ4n) is 2.30. The molecule has 2 heterocycles. The highest BCUT2D eigenvalue weighted by atomic mass is 79.9. The van der Waals surface area contributed by atoms with Gasteiger partial charge in [-0.25, -0.2) is 0 Å². The number of hydrogen-bond donors (Lipinski definition) is 1. The maximum absolute atomic E-state index is 12.2. The molecule has 0 radical (unpaired) electrons. The number of carbonyl (C=O) groups excluding carboxylic acids is 1. The van der Waals surface area contributed by atoms with Gasteiger partial charge < -0.3 is 5.32 Å². The van der Waals surface area contributed by atoms with Gasteiger partial charge in [-0.05, 0) is 36.8 Å². The third-order valence-electron chi connectivity index (χ3n) is 3.38. The van der Waals surface area contributed by atoms with E-state index in [0.29, 0.717) is 6.42 Å². The fraction of sp³-hybridized carbons (Fsp3) is 0.188. The number of pyridine rings is 1. The molecule has 5 nitrogen and oxygen atoms in total. The van der Waals surface area contributed by atoms with Crippen LogP contribution in [0.2, 0.25) is 0 Å². The zero-order chi connectivity index (χ0) is 15.5. The van der Waals surface area contributed by atoms with Gasteiger partial charge in [-0.2, -0.15) is 0 Å². The van der Waals surface area contributed by atoms with Crippen molar-refractivity contribution in [2.24, 2.45) is 0 Å². The molecule has 0 spiro atoms. The third kappa shape index (κ3) is 3.17. The van der Waals surface area contributed by atoms with E-state index >= 15 is 0 Å². The van der Waals surface area contributed by atoms with Crippen LogP contribution in [0.4, 0.5) is 0 Å². The molecule has 0 aliphatic carbocycles. The molecule has 0 aliphatic heterocycles. The summed E-state index contributed by atoms with van der Waals surface area (Å²) >= 11 is 3.38. The van der Waals surface area contributed by atoms with Crippen LogP contribution < -0.4 is 5.32 Å². The highest BCUT2D eigenvalue weighted by molar-refractivity contribution is 9.10. The largest absolute Gasteiger partial charge is 0.346 e. The first kappa shape index (κ1) is 14.7. The summed E-state index contributed by atoms with van der Waals surface area (Å²) in [6, 6.07) is 13.2. The van der Waals surface area contributed by atoms with Crippen LogP contribution in [0.25, 0.3) is 5.65 Å². The molecule has 1 N–H and O–H groups in total. The van der Waals surface area contributed by atoms with E-state index in [-0.39, 0.29) is 11.9 Å². The minimum atomic E-state index is -0.208. The molecule has 1 atom stereocenters. The molecule has 0 fully saturated rings. The Morgan fingerprint density at radius 1 is 1.23 bits per heavy atom. The molecule has 2 aromatic heterocycles. The second-order valence-corrected chi connectivity index (χ2v) is 6.00. The van der Waals surface area contributed by atoms with Crippen molar-refractivity contribution in [1.29, 1.82) is 0 Å². The number of nitrogens with one attached hydrogen (secondary N) is 1. The fourth-order valence-corrected chi connectivity index (χ4v) is 2.56. The van der Waals surface area contributed by atoms with Crippen LogP contribution in [0.5, 0.6) is 0 Å². The van der Waals surface area contributed by atoms with Gasteiger partial charge in [-0.1, -0.05) is 34.1 Å². The monoisotopic (exact) mass is 358 g/mol. The second-order valence-electron chi connectivity index (χ2n) is 5.08. The zero-order valence-corrected chi connectivity index (χ0v) is 13.6.